The summed E-state index contributed by atoms with van der Waals surface area (Å²) in [6.45, 7) is 9.29. The van der Waals surface area contributed by atoms with E-state index in [1.165, 1.54) is 37.8 Å². The van der Waals surface area contributed by atoms with E-state index in [2.05, 4.69) is 49.2 Å². The molecular formula is C19H30N2. The molecule has 1 heterocycles. The summed E-state index contributed by atoms with van der Waals surface area (Å²) in [5, 5.41) is 3.78. The molecule has 1 saturated heterocycles. The highest BCUT2D eigenvalue weighted by atomic mass is 15.2. The van der Waals surface area contributed by atoms with Crippen LogP contribution in [0.15, 0.2) is 18.2 Å². The standard InChI is InChI=1S/C19H30N2/c1-4-14(3)19-13-21(17(5-2)12-20-19)18-10-9-15-7-6-8-16(15)11-18/h9-11,14,17,19-20H,4-8,12-13H2,1-3H3. The molecule has 2 heteroatoms. The number of aryl methyl sites for hydroxylation is 2. The summed E-state index contributed by atoms with van der Waals surface area (Å²) in [4.78, 5) is 2.67. The fraction of sp³-hybridized carbons (Fsp3) is 0.684. The zero-order valence-electron chi connectivity index (χ0n) is 13.9. The minimum Gasteiger partial charge on any atom is -0.366 e. The molecule has 0 aromatic heterocycles. The van der Waals surface area contributed by atoms with E-state index in [0.29, 0.717) is 12.1 Å². The molecule has 1 fully saturated rings. The van der Waals surface area contributed by atoms with E-state index in [1.54, 1.807) is 11.1 Å². The highest BCUT2D eigenvalue weighted by Crippen LogP contribution is 2.30. The second kappa shape index (κ2) is 6.39. The zero-order chi connectivity index (χ0) is 14.8. The van der Waals surface area contributed by atoms with Gasteiger partial charge in [0, 0.05) is 30.9 Å². The van der Waals surface area contributed by atoms with E-state index in [1.807, 2.05) is 0 Å². The Hall–Kier alpha value is -1.02. The summed E-state index contributed by atoms with van der Waals surface area (Å²) >= 11 is 0. The summed E-state index contributed by atoms with van der Waals surface area (Å²) in [6, 6.07) is 8.50. The van der Waals surface area contributed by atoms with Crippen LogP contribution in [0, 0.1) is 5.92 Å². The Labute approximate surface area is 129 Å². The molecule has 1 aliphatic heterocycles. The van der Waals surface area contributed by atoms with Crippen LogP contribution >= 0.6 is 0 Å². The van der Waals surface area contributed by atoms with Crippen molar-refractivity contribution in [2.75, 3.05) is 18.0 Å². The van der Waals surface area contributed by atoms with Gasteiger partial charge in [-0.3, -0.25) is 0 Å². The Bertz CT molecular complexity index is 482. The lowest BCUT2D eigenvalue weighted by atomic mass is 9.94. The van der Waals surface area contributed by atoms with E-state index < -0.39 is 0 Å². The lowest BCUT2D eigenvalue weighted by Gasteiger charge is -2.43. The van der Waals surface area contributed by atoms with Crippen LogP contribution in [-0.2, 0) is 12.8 Å². The Morgan fingerprint density at radius 2 is 2.05 bits per heavy atom. The van der Waals surface area contributed by atoms with E-state index in [-0.39, 0.29) is 0 Å². The van der Waals surface area contributed by atoms with Crippen molar-refractivity contribution in [3.8, 4) is 0 Å². The van der Waals surface area contributed by atoms with Gasteiger partial charge in [-0.05, 0) is 54.9 Å². The molecule has 0 radical (unpaired) electrons. The zero-order valence-corrected chi connectivity index (χ0v) is 13.9. The van der Waals surface area contributed by atoms with Crippen molar-refractivity contribution in [3.63, 3.8) is 0 Å². The molecule has 3 unspecified atom stereocenters. The number of hydrogen-bond acceptors (Lipinski definition) is 2. The predicted molar refractivity (Wildman–Crippen MR) is 91.1 cm³/mol. The van der Waals surface area contributed by atoms with Gasteiger partial charge in [0.15, 0.2) is 0 Å². The van der Waals surface area contributed by atoms with Gasteiger partial charge in [-0.1, -0.05) is 33.3 Å². The number of piperazine rings is 1. The van der Waals surface area contributed by atoms with Gasteiger partial charge < -0.3 is 10.2 Å². The van der Waals surface area contributed by atoms with Crippen molar-refractivity contribution >= 4 is 5.69 Å². The molecule has 1 N–H and O–H groups in total. The molecule has 2 nitrogen and oxygen atoms in total. The maximum Gasteiger partial charge on any atom is 0.0412 e. The number of fused-ring (bicyclic) bond motifs is 1. The van der Waals surface area contributed by atoms with Gasteiger partial charge in [0.1, 0.15) is 0 Å². The van der Waals surface area contributed by atoms with Crippen molar-refractivity contribution in [2.45, 2.75) is 65.0 Å². The third kappa shape index (κ3) is 2.96. The molecular weight excluding hydrogens is 256 g/mol. The summed E-state index contributed by atoms with van der Waals surface area (Å²) < 4.78 is 0. The first-order chi connectivity index (χ1) is 10.2. The molecule has 0 amide bonds. The SMILES string of the molecule is CCC(C)C1CN(c2ccc3c(c2)CCC3)C(CC)CN1. The lowest BCUT2D eigenvalue weighted by Crippen LogP contribution is -2.58. The second-order valence-corrected chi connectivity index (χ2v) is 6.92. The average Bonchev–Trinajstić information content (AvgIpc) is 3.01. The molecule has 2 aliphatic rings. The Kier molecular flexibility index (Phi) is 4.54. The van der Waals surface area contributed by atoms with Crippen LogP contribution < -0.4 is 10.2 Å². The second-order valence-electron chi connectivity index (χ2n) is 6.92. The lowest BCUT2D eigenvalue weighted by molar-refractivity contribution is 0.306. The van der Waals surface area contributed by atoms with Crippen molar-refractivity contribution in [1.29, 1.82) is 0 Å². The molecule has 3 atom stereocenters. The molecule has 1 aliphatic carbocycles. The maximum atomic E-state index is 3.78. The molecule has 0 spiro atoms. The van der Waals surface area contributed by atoms with E-state index >= 15 is 0 Å². The summed E-state index contributed by atoms with van der Waals surface area (Å²) in [5.74, 6) is 0.750. The van der Waals surface area contributed by atoms with Gasteiger partial charge in [0.2, 0.25) is 0 Å². The predicted octanol–water partition coefficient (Wildman–Crippen LogP) is 3.78. The minimum atomic E-state index is 0.631. The number of nitrogens with zero attached hydrogens (tertiary/aromatic N) is 1. The van der Waals surface area contributed by atoms with Crippen LogP contribution in [0.25, 0.3) is 0 Å². The van der Waals surface area contributed by atoms with Crippen molar-refractivity contribution in [1.82, 2.24) is 5.32 Å². The van der Waals surface area contributed by atoms with Crippen LogP contribution in [0.2, 0.25) is 0 Å². The van der Waals surface area contributed by atoms with Crippen LogP contribution in [-0.4, -0.2) is 25.2 Å². The smallest absolute Gasteiger partial charge is 0.0412 e. The quantitative estimate of drug-likeness (QED) is 0.906. The summed E-state index contributed by atoms with van der Waals surface area (Å²) in [7, 11) is 0. The van der Waals surface area contributed by atoms with Crippen LogP contribution in [0.5, 0.6) is 0 Å². The number of benzene rings is 1. The third-order valence-electron chi connectivity index (χ3n) is 5.67. The Morgan fingerprint density at radius 3 is 2.81 bits per heavy atom. The fourth-order valence-corrected chi connectivity index (χ4v) is 3.91. The van der Waals surface area contributed by atoms with Crippen molar-refractivity contribution in [2.24, 2.45) is 5.92 Å². The Balaban J connectivity index is 1.82. The number of anilines is 1. The van der Waals surface area contributed by atoms with Gasteiger partial charge in [0.25, 0.3) is 0 Å². The molecule has 1 aromatic carbocycles. The summed E-state index contributed by atoms with van der Waals surface area (Å²) in [6.07, 6.45) is 6.38. The normalized spacial score (nSPS) is 26.7. The number of rotatable bonds is 4. The van der Waals surface area contributed by atoms with E-state index in [4.69, 9.17) is 0 Å². The van der Waals surface area contributed by atoms with Gasteiger partial charge in [-0.15, -0.1) is 0 Å². The Morgan fingerprint density at radius 1 is 1.24 bits per heavy atom. The van der Waals surface area contributed by atoms with Gasteiger partial charge in [0.05, 0.1) is 0 Å². The van der Waals surface area contributed by atoms with Gasteiger partial charge in [-0.25, -0.2) is 0 Å². The molecule has 116 valence electrons. The van der Waals surface area contributed by atoms with Gasteiger partial charge in [-0.2, -0.15) is 0 Å². The van der Waals surface area contributed by atoms with Gasteiger partial charge >= 0.3 is 0 Å². The monoisotopic (exact) mass is 286 g/mol. The fourth-order valence-electron chi connectivity index (χ4n) is 3.91. The topological polar surface area (TPSA) is 15.3 Å². The van der Waals surface area contributed by atoms with Crippen LogP contribution in [0.1, 0.15) is 51.2 Å². The largest absolute Gasteiger partial charge is 0.366 e. The molecule has 0 saturated carbocycles. The van der Waals surface area contributed by atoms with E-state index in [0.717, 1.165) is 19.0 Å². The van der Waals surface area contributed by atoms with E-state index in [9.17, 15) is 0 Å². The molecule has 1 aromatic rings. The third-order valence-corrected chi connectivity index (χ3v) is 5.67. The van der Waals surface area contributed by atoms with Crippen LogP contribution in [0.3, 0.4) is 0 Å². The first-order valence-electron chi connectivity index (χ1n) is 8.84. The summed E-state index contributed by atoms with van der Waals surface area (Å²) in [5.41, 5.74) is 4.64. The minimum absolute atomic E-state index is 0.631. The van der Waals surface area contributed by atoms with Crippen LogP contribution in [0.4, 0.5) is 5.69 Å². The highest BCUT2D eigenvalue weighted by Gasteiger charge is 2.29. The molecule has 3 rings (SSSR count). The number of hydrogen-bond donors (Lipinski definition) is 1. The van der Waals surface area contributed by atoms with Crippen molar-refractivity contribution < 1.29 is 0 Å². The average molecular weight is 286 g/mol. The number of nitrogens with one attached hydrogen (secondary N) is 1. The maximum absolute atomic E-state index is 3.78. The molecule has 0 bridgehead atoms. The highest BCUT2D eigenvalue weighted by molar-refractivity contribution is 5.53. The first-order valence-corrected chi connectivity index (χ1v) is 8.84. The first kappa shape index (κ1) is 14.9. The molecule has 21 heavy (non-hydrogen) atoms. The van der Waals surface area contributed by atoms with Crippen molar-refractivity contribution in [3.05, 3.63) is 29.3 Å².